The van der Waals surface area contributed by atoms with E-state index in [1.807, 2.05) is 0 Å². The first-order chi connectivity index (χ1) is 15.1. The molecule has 5 nitrogen and oxygen atoms in total. The Labute approximate surface area is 204 Å². The van der Waals surface area contributed by atoms with Crippen molar-refractivity contribution in [2.45, 2.75) is 142 Å². The van der Waals surface area contributed by atoms with E-state index in [0.717, 1.165) is 0 Å². The summed E-state index contributed by atoms with van der Waals surface area (Å²) in [6.45, 7) is 7.37. The SMILES string of the molecule is CCCCCCCCCCCC[N+](C)(C)CCCCCCCCCCCC.[O-][Br+3]([O-])([O-])[O-]. The molecule has 6 heteroatoms. The fourth-order valence-electron chi connectivity index (χ4n) is 4.17. The molecule has 0 spiro atoms. The first kappa shape index (κ1) is 34.4. The molecular formula is C26H56BrNO4. The monoisotopic (exact) mass is 525 g/mol. The van der Waals surface area contributed by atoms with Crippen molar-refractivity contribution in [1.82, 2.24) is 0 Å². The van der Waals surface area contributed by atoms with E-state index in [4.69, 9.17) is 16.8 Å². The lowest BCUT2D eigenvalue weighted by Crippen LogP contribution is -2.68. The van der Waals surface area contributed by atoms with Gasteiger partial charge in [0.2, 0.25) is 0 Å². The predicted molar refractivity (Wildman–Crippen MR) is 126 cm³/mol. The van der Waals surface area contributed by atoms with Gasteiger partial charge in [-0.3, -0.25) is 16.8 Å². The van der Waals surface area contributed by atoms with E-state index in [1.165, 1.54) is 146 Å². The van der Waals surface area contributed by atoms with Gasteiger partial charge in [-0.15, -0.1) is 0 Å². The van der Waals surface area contributed by atoms with E-state index in [0.29, 0.717) is 0 Å². The van der Waals surface area contributed by atoms with Crippen LogP contribution in [-0.4, -0.2) is 31.7 Å². The summed E-state index contributed by atoms with van der Waals surface area (Å²) in [4.78, 5) is 0. The molecular weight excluding hydrogens is 470 g/mol. The van der Waals surface area contributed by atoms with Gasteiger partial charge in [0.05, 0.1) is 41.3 Å². The van der Waals surface area contributed by atoms with Crippen LogP contribution in [0.2, 0.25) is 0 Å². The number of hydrogen-bond acceptors (Lipinski definition) is 4. The quantitative estimate of drug-likeness (QED) is 0.157. The van der Waals surface area contributed by atoms with E-state index in [2.05, 4.69) is 27.9 Å². The Morgan fingerprint density at radius 3 is 0.812 bits per heavy atom. The van der Waals surface area contributed by atoms with Gasteiger partial charge in [-0.25, -0.2) is 0 Å². The van der Waals surface area contributed by atoms with E-state index in [1.54, 1.807) is 0 Å². The minimum Gasteiger partial charge on any atom is -0.328 e. The van der Waals surface area contributed by atoms with Crippen molar-refractivity contribution >= 4 is 0 Å². The zero-order chi connectivity index (χ0) is 24.6. The summed E-state index contributed by atoms with van der Waals surface area (Å²) in [6, 6.07) is 0. The van der Waals surface area contributed by atoms with Crippen molar-refractivity contribution in [1.29, 1.82) is 0 Å². The summed E-state index contributed by atoms with van der Waals surface area (Å²) in [5, 5.41) is 0. The Hall–Kier alpha value is 0.280. The molecule has 0 bridgehead atoms. The molecule has 0 fully saturated rings. The summed E-state index contributed by atoms with van der Waals surface area (Å²) in [7, 11) is 4.89. The van der Waals surface area contributed by atoms with Crippen LogP contribution < -0.4 is 16.8 Å². The van der Waals surface area contributed by atoms with Crippen LogP contribution in [0.5, 0.6) is 0 Å². The van der Waals surface area contributed by atoms with Crippen molar-refractivity contribution in [3.05, 3.63) is 0 Å². The Kier molecular flexibility index (Phi) is 26.3. The molecule has 0 aromatic rings. The maximum Gasteiger partial charge on any atom is 0.0782 e. The van der Waals surface area contributed by atoms with Gasteiger partial charge in [-0.1, -0.05) is 117 Å². The van der Waals surface area contributed by atoms with Gasteiger partial charge in [0.25, 0.3) is 0 Å². The molecule has 0 rings (SSSR count). The normalized spacial score (nSPS) is 12.0. The zero-order valence-electron chi connectivity index (χ0n) is 22.0. The summed E-state index contributed by atoms with van der Waals surface area (Å²) in [5.41, 5.74) is 0. The van der Waals surface area contributed by atoms with Crippen molar-refractivity contribution < 1.29 is 35.4 Å². The van der Waals surface area contributed by atoms with Crippen LogP contribution in [0.4, 0.5) is 0 Å². The van der Waals surface area contributed by atoms with Gasteiger partial charge >= 0.3 is 0 Å². The van der Waals surface area contributed by atoms with Gasteiger partial charge in [0.15, 0.2) is 0 Å². The fourth-order valence-corrected chi connectivity index (χ4v) is 4.17. The topological polar surface area (TPSA) is 92.2 Å². The largest absolute Gasteiger partial charge is 0.328 e. The third-order valence-corrected chi connectivity index (χ3v) is 6.23. The zero-order valence-corrected chi connectivity index (χ0v) is 23.6. The molecule has 0 radical (unpaired) electrons. The van der Waals surface area contributed by atoms with Gasteiger partial charge in [-0.05, 0) is 25.7 Å². The highest BCUT2D eigenvalue weighted by molar-refractivity contribution is 4.50. The van der Waals surface area contributed by atoms with E-state index >= 15 is 0 Å². The Morgan fingerprint density at radius 1 is 0.406 bits per heavy atom. The van der Waals surface area contributed by atoms with Crippen LogP contribution in [0.1, 0.15) is 142 Å². The first-order valence-corrected chi connectivity index (χ1v) is 16.1. The second-order valence-corrected chi connectivity index (χ2v) is 11.7. The number of quaternary nitrogens is 1. The van der Waals surface area contributed by atoms with E-state index in [-0.39, 0.29) is 0 Å². The van der Waals surface area contributed by atoms with Crippen LogP contribution in [0.3, 0.4) is 0 Å². The summed E-state index contributed by atoms with van der Waals surface area (Å²) in [5.74, 6) is 0. The number of hydrogen-bond donors (Lipinski definition) is 0. The van der Waals surface area contributed by atoms with Crippen molar-refractivity contribution in [2.75, 3.05) is 27.2 Å². The third-order valence-electron chi connectivity index (χ3n) is 6.23. The van der Waals surface area contributed by atoms with Crippen LogP contribution in [0.25, 0.3) is 0 Å². The summed E-state index contributed by atoms with van der Waals surface area (Å²) in [6.07, 6.45) is 29.0. The Morgan fingerprint density at radius 2 is 0.594 bits per heavy atom. The molecule has 0 amide bonds. The molecule has 0 aliphatic carbocycles. The lowest BCUT2D eigenvalue weighted by atomic mass is 10.1. The molecule has 0 unspecified atom stereocenters. The molecule has 0 saturated carbocycles. The van der Waals surface area contributed by atoms with Crippen LogP contribution >= 0.6 is 0 Å². The minimum atomic E-state index is -5.62. The van der Waals surface area contributed by atoms with Gasteiger partial charge < -0.3 is 4.48 Å². The molecule has 0 N–H and O–H groups in total. The highest BCUT2D eigenvalue weighted by atomic mass is 80.0. The molecule has 0 aliphatic rings. The minimum absolute atomic E-state index is 1.24. The van der Waals surface area contributed by atoms with Gasteiger partial charge in [0, 0.05) is 0 Å². The number of unbranched alkanes of at least 4 members (excludes halogenated alkanes) is 18. The molecule has 0 heterocycles. The van der Waals surface area contributed by atoms with Crippen LogP contribution in [0, 0.1) is 14.1 Å². The van der Waals surface area contributed by atoms with Crippen molar-refractivity contribution in [2.24, 2.45) is 0 Å². The first-order valence-electron chi connectivity index (χ1n) is 13.6. The maximum atomic E-state index is 8.58. The highest BCUT2D eigenvalue weighted by Crippen LogP contribution is 2.14. The standard InChI is InChI=1S/C26H56N.BrO4/c1-5-7-9-11-13-15-17-19-21-23-25-27(3,4)26-24-22-20-18-16-14-12-10-8-6-2;2-1(3,4)5/h5-26H2,1-4H3;/q+1;-1. The van der Waals surface area contributed by atoms with Gasteiger partial charge in [-0.2, -0.15) is 0 Å². The molecule has 0 aliphatic heterocycles. The van der Waals surface area contributed by atoms with E-state index < -0.39 is 14.1 Å². The second-order valence-electron chi connectivity index (χ2n) is 10.1. The molecule has 0 saturated heterocycles. The van der Waals surface area contributed by atoms with Crippen LogP contribution in [-0.2, 0) is 0 Å². The molecule has 0 aromatic heterocycles. The maximum absolute atomic E-state index is 8.58. The average molecular weight is 527 g/mol. The molecule has 0 aromatic carbocycles. The highest BCUT2D eigenvalue weighted by Gasteiger charge is 2.13. The second kappa shape index (κ2) is 24.4. The summed E-state index contributed by atoms with van der Waals surface area (Å²) < 4.78 is 35.6. The molecule has 32 heavy (non-hydrogen) atoms. The molecule has 196 valence electrons. The lowest BCUT2D eigenvalue weighted by Gasteiger charge is -2.30. The Balaban J connectivity index is 0. The Bertz CT molecular complexity index is 330. The van der Waals surface area contributed by atoms with Crippen molar-refractivity contribution in [3.8, 4) is 0 Å². The predicted octanol–water partition coefficient (Wildman–Crippen LogP) is 4.15. The number of rotatable bonds is 22. The van der Waals surface area contributed by atoms with Crippen molar-refractivity contribution in [3.63, 3.8) is 0 Å². The third kappa shape index (κ3) is 37.6. The summed E-state index contributed by atoms with van der Waals surface area (Å²) >= 11 is -5.62. The lowest BCUT2D eigenvalue weighted by molar-refractivity contribution is -2.00. The smallest absolute Gasteiger partial charge is 0.0782 e. The average Bonchev–Trinajstić information content (AvgIpc) is 2.69. The van der Waals surface area contributed by atoms with Crippen LogP contribution in [0.15, 0.2) is 0 Å². The fraction of sp³-hybridized carbons (Fsp3) is 1.00. The number of nitrogens with zero attached hydrogens (tertiary/aromatic N) is 1. The number of halogens is 1. The van der Waals surface area contributed by atoms with E-state index in [9.17, 15) is 0 Å². The molecule has 0 atom stereocenters. The van der Waals surface area contributed by atoms with Gasteiger partial charge in [0.1, 0.15) is 0 Å².